The number of rotatable bonds is 5. The summed E-state index contributed by atoms with van der Waals surface area (Å²) < 4.78 is 5.31. The maximum absolute atomic E-state index is 6.08. The zero-order chi connectivity index (χ0) is 14.5. The van der Waals surface area contributed by atoms with Crippen molar-refractivity contribution in [1.29, 1.82) is 0 Å². The smallest absolute Gasteiger partial charge is 0.121 e. The molecule has 1 atom stereocenters. The van der Waals surface area contributed by atoms with E-state index in [1.807, 2.05) is 25.3 Å². The molecule has 1 unspecified atom stereocenters. The molecule has 1 heterocycles. The normalized spacial score (nSPS) is 12.2. The zero-order valence-corrected chi connectivity index (χ0v) is 12.2. The number of pyridine rings is 1. The van der Waals surface area contributed by atoms with Gasteiger partial charge in [-0.1, -0.05) is 19.1 Å². The number of benzene rings is 1. The van der Waals surface area contributed by atoms with Crippen LogP contribution < -0.4 is 15.8 Å². The van der Waals surface area contributed by atoms with Crippen molar-refractivity contribution in [3.63, 3.8) is 0 Å². The Morgan fingerprint density at radius 2 is 2.15 bits per heavy atom. The maximum Gasteiger partial charge on any atom is 0.121 e. The van der Waals surface area contributed by atoms with E-state index in [1.54, 1.807) is 13.3 Å². The van der Waals surface area contributed by atoms with E-state index >= 15 is 0 Å². The van der Waals surface area contributed by atoms with Gasteiger partial charge in [0.2, 0.25) is 0 Å². The number of nitrogen functional groups attached to an aromatic ring is 1. The van der Waals surface area contributed by atoms with Gasteiger partial charge in [0.15, 0.2) is 0 Å². The van der Waals surface area contributed by atoms with Crippen LogP contribution in [-0.4, -0.2) is 18.6 Å². The van der Waals surface area contributed by atoms with Crippen molar-refractivity contribution in [2.24, 2.45) is 0 Å². The monoisotopic (exact) mass is 271 g/mol. The summed E-state index contributed by atoms with van der Waals surface area (Å²) in [5.41, 5.74) is 10.1. The van der Waals surface area contributed by atoms with Gasteiger partial charge in [0.1, 0.15) is 5.75 Å². The summed E-state index contributed by atoms with van der Waals surface area (Å²) in [6, 6.07) is 8.04. The molecule has 0 aliphatic heterocycles. The lowest BCUT2D eigenvalue weighted by Crippen LogP contribution is -2.23. The second-order valence-corrected chi connectivity index (χ2v) is 4.72. The number of hydrogen-bond donors (Lipinski definition) is 2. The molecule has 1 aromatic carbocycles. The number of aromatic nitrogens is 1. The number of aryl methyl sites for hydroxylation is 1. The van der Waals surface area contributed by atoms with Crippen LogP contribution in [0.5, 0.6) is 5.75 Å². The van der Waals surface area contributed by atoms with Crippen LogP contribution in [0.15, 0.2) is 36.7 Å². The molecule has 0 aliphatic rings. The van der Waals surface area contributed by atoms with Crippen molar-refractivity contribution in [1.82, 2.24) is 10.3 Å². The Morgan fingerprint density at radius 3 is 2.75 bits per heavy atom. The summed E-state index contributed by atoms with van der Waals surface area (Å²) in [5, 5.41) is 3.46. The second kappa shape index (κ2) is 6.39. The van der Waals surface area contributed by atoms with Crippen LogP contribution >= 0.6 is 0 Å². The highest BCUT2D eigenvalue weighted by Crippen LogP contribution is 2.29. The minimum Gasteiger partial charge on any atom is -0.496 e. The molecule has 0 radical (unpaired) electrons. The SMILES string of the molecule is CCNC(c1ccc(OC)c(C)c1)c1cnccc1N. The third kappa shape index (κ3) is 2.91. The Bertz CT molecular complexity index is 584. The van der Waals surface area contributed by atoms with E-state index < -0.39 is 0 Å². The average molecular weight is 271 g/mol. The Hall–Kier alpha value is -2.07. The van der Waals surface area contributed by atoms with Gasteiger partial charge in [0.25, 0.3) is 0 Å². The van der Waals surface area contributed by atoms with Crippen LogP contribution in [-0.2, 0) is 0 Å². The van der Waals surface area contributed by atoms with Crippen LogP contribution in [0.1, 0.15) is 29.7 Å². The van der Waals surface area contributed by atoms with E-state index in [0.717, 1.165) is 34.7 Å². The fraction of sp³-hybridized carbons (Fsp3) is 0.312. The first kappa shape index (κ1) is 14.3. The van der Waals surface area contributed by atoms with Crippen LogP contribution in [0.4, 0.5) is 5.69 Å². The third-order valence-electron chi connectivity index (χ3n) is 3.36. The van der Waals surface area contributed by atoms with Gasteiger partial charge in [-0.15, -0.1) is 0 Å². The van der Waals surface area contributed by atoms with Gasteiger partial charge in [-0.05, 0) is 36.7 Å². The third-order valence-corrected chi connectivity index (χ3v) is 3.36. The molecule has 2 rings (SSSR count). The van der Waals surface area contributed by atoms with Crippen molar-refractivity contribution < 1.29 is 4.74 Å². The molecule has 0 saturated heterocycles. The molecule has 2 aromatic rings. The number of methoxy groups -OCH3 is 1. The number of anilines is 1. The van der Waals surface area contributed by atoms with E-state index in [1.165, 1.54) is 0 Å². The first-order valence-electron chi connectivity index (χ1n) is 6.74. The lowest BCUT2D eigenvalue weighted by molar-refractivity contribution is 0.411. The van der Waals surface area contributed by atoms with Crippen LogP contribution in [0.25, 0.3) is 0 Å². The van der Waals surface area contributed by atoms with E-state index in [9.17, 15) is 0 Å². The summed E-state index contributed by atoms with van der Waals surface area (Å²) in [5.74, 6) is 0.892. The second-order valence-electron chi connectivity index (χ2n) is 4.72. The quantitative estimate of drug-likeness (QED) is 0.877. The molecule has 0 aliphatic carbocycles. The number of ether oxygens (including phenoxy) is 1. The standard InChI is InChI=1S/C16H21N3O/c1-4-19-16(13-10-18-8-7-14(13)17)12-5-6-15(20-3)11(2)9-12/h5-10,16,19H,4H2,1-3H3,(H2,17,18). The fourth-order valence-electron chi connectivity index (χ4n) is 2.35. The predicted molar refractivity (Wildman–Crippen MR) is 81.9 cm³/mol. The van der Waals surface area contributed by atoms with Gasteiger partial charge in [0.05, 0.1) is 13.2 Å². The highest BCUT2D eigenvalue weighted by molar-refractivity contribution is 5.50. The molecular formula is C16H21N3O. The van der Waals surface area contributed by atoms with Crippen molar-refractivity contribution >= 4 is 5.69 Å². The van der Waals surface area contributed by atoms with E-state index in [4.69, 9.17) is 10.5 Å². The van der Waals surface area contributed by atoms with Gasteiger partial charge in [-0.25, -0.2) is 0 Å². The van der Waals surface area contributed by atoms with Crippen molar-refractivity contribution in [3.8, 4) is 5.75 Å². The molecule has 106 valence electrons. The molecule has 20 heavy (non-hydrogen) atoms. The van der Waals surface area contributed by atoms with Crippen molar-refractivity contribution in [2.75, 3.05) is 19.4 Å². The van der Waals surface area contributed by atoms with E-state index in [-0.39, 0.29) is 6.04 Å². The molecule has 0 spiro atoms. The Balaban J connectivity index is 2.43. The topological polar surface area (TPSA) is 60.2 Å². The number of nitrogens with one attached hydrogen (secondary N) is 1. The van der Waals surface area contributed by atoms with Gasteiger partial charge in [0, 0.05) is 23.6 Å². The lowest BCUT2D eigenvalue weighted by Gasteiger charge is -2.21. The molecule has 1 aromatic heterocycles. The van der Waals surface area contributed by atoms with Crippen molar-refractivity contribution in [3.05, 3.63) is 53.3 Å². The van der Waals surface area contributed by atoms with E-state index in [0.29, 0.717) is 0 Å². The van der Waals surface area contributed by atoms with Crippen LogP contribution in [0.3, 0.4) is 0 Å². The van der Waals surface area contributed by atoms with Gasteiger partial charge >= 0.3 is 0 Å². The van der Waals surface area contributed by atoms with E-state index in [2.05, 4.69) is 29.4 Å². The number of nitrogens with zero attached hydrogens (tertiary/aromatic N) is 1. The summed E-state index contributed by atoms with van der Waals surface area (Å²) in [4.78, 5) is 4.19. The molecular weight excluding hydrogens is 250 g/mol. The Labute approximate surface area is 120 Å². The summed E-state index contributed by atoms with van der Waals surface area (Å²) in [6.45, 7) is 4.97. The number of hydrogen-bond acceptors (Lipinski definition) is 4. The average Bonchev–Trinajstić information content (AvgIpc) is 2.46. The largest absolute Gasteiger partial charge is 0.496 e. The fourth-order valence-corrected chi connectivity index (χ4v) is 2.35. The van der Waals surface area contributed by atoms with Gasteiger partial charge in [-0.2, -0.15) is 0 Å². The Kier molecular flexibility index (Phi) is 4.58. The molecule has 0 amide bonds. The van der Waals surface area contributed by atoms with Gasteiger partial charge < -0.3 is 15.8 Å². The van der Waals surface area contributed by atoms with Crippen LogP contribution in [0, 0.1) is 6.92 Å². The highest BCUT2D eigenvalue weighted by atomic mass is 16.5. The highest BCUT2D eigenvalue weighted by Gasteiger charge is 2.16. The zero-order valence-electron chi connectivity index (χ0n) is 12.2. The maximum atomic E-state index is 6.08. The first-order valence-corrected chi connectivity index (χ1v) is 6.74. The summed E-state index contributed by atoms with van der Waals surface area (Å²) in [6.07, 6.45) is 3.53. The van der Waals surface area contributed by atoms with Crippen LogP contribution in [0.2, 0.25) is 0 Å². The molecule has 0 bridgehead atoms. The van der Waals surface area contributed by atoms with Gasteiger partial charge in [-0.3, -0.25) is 4.98 Å². The molecule has 4 nitrogen and oxygen atoms in total. The summed E-state index contributed by atoms with van der Waals surface area (Å²) in [7, 11) is 1.68. The molecule has 3 N–H and O–H groups in total. The summed E-state index contributed by atoms with van der Waals surface area (Å²) >= 11 is 0. The minimum absolute atomic E-state index is 0.0401. The Morgan fingerprint density at radius 1 is 1.35 bits per heavy atom. The van der Waals surface area contributed by atoms with Crippen molar-refractivity contribution in [2.45, 2.75) is 19.9 Å². The molecule has 4 heteroatoms. The lowest BCUT2D eigenvalue weighted by atomic mass is 9.97. The minimum atomic E-state index is 0.0401. The number of nitrogens with two attached hydrogens (primary N) is 1. The first-order chi connectivity index (χ1) is 9.67. The molecule has 0 fully saturated rings. The molecule has 0 saturated carbocycles. The predicted octanol–water partition coefficient (Wildman–Crippen LogP) is 2.68.